The Morgan fingerprint density at radius 1 is 1.25 bits per heavy atom. The van der Waals surface area contributed by atoms with Crippen molar-refractivity contribution in [2.24, 2.45) is 0 Å². The topological polar surface area (TPSA) is 198 Å². The maximum Gasteiger partial charge on any atom is 0.332 e. The number of carbonyl (C=O) groups excluding carboxylic acids is 2. The zero-order valence-electron chi connectivity index (χ0n) is 25.1. The van der Waals surface area contributed by atoms with Gasteiger partial charge in [0.25, 0.3) is 5.91 Å². The SMILES string of the molecule is N#CCC1CC2(CCC3CCOc4c(cc(F)c(-c5cccc6sc(N)c(C#N)c56)c4Cl)C(=O)N3CC2O)N1C(=O)n1cnnc1C#N. The Balaban J connectivity index is 1.26. The fourth-order valence-corrected chi connectivity index (χ4v) is 8.73. The largest absolute Gasteiger partial charge is 0.491 e. The normalized spacial score (nSPS) is 23.4. The lowest BCUT2D eigenvalue weighted by Gasteiger charge is -2.59. The van der Waals surface area contributed by atoms with E-state index in [9.17, 15) is 30.5 Å². The Kier molecular flexibility index (Phi) is 7.68. The molecule has 5 heterocycles. The number of aliphatic hydroxyl groups is 1. The van der Waals surface area contributed by atoms with Crippen LogP contribution in [-0.2, 0) is 0 Å². The lowest BCUT2D eigenvalue weighted by molar-refractivity contribution is -0.112. The average molecular weight is 686 g/mol. The van der Waals surface area contributed by atoms with Crippen molar-refractivity contribution in [2.45, 2.75) is 55.8 Å². The highest BCUT2D eigenvalue weighted by atomic mass is 35.5. The van der Waals surface area contributed by atoms with Crippen LogP contribution in [0.15, 0.2) is 30.6 Å². The first-order valence-electron chi connectivity index (χ1n) is 15.0. The van der Waals surface area contributed by atoms with Gasteiger partial charge in [-0.2, -0.15) is 15.8 Å². The van der Waals surface area contributed by atoms with E-state index in [0.29, 0.717) is 34.9 Å². The monoisotopic (exact) mass is 685 g/mol. The van der Waals surface area contributed by atoms with Crippen LogP contribution < -0.4 is 10.5 Å². The third kappa shape index (κ3) is 4.56. The van der Waals surface area contributed by atoms with Gasteiger partial charge in [-0.15, -0.1) is 21.5 Å². The summed E-state index contributed by atoms with van der Waals surface area (Å²) >= 11 is 8.04. The number of aromatic nitrogens is 3. The standard InChI is InChI=1S/C32H25ClFN9O4S/c33-27-26(18-2-1-3-22-25(18)20(12-36)29(38)48-22)21(34)10-19-28(27)47-9-6-16-4-7-32(23(44)14-41(16)30(19)45)11-17(5-8-35)43(32)31(46)42-15-39-40-24(42)13-37/h1-3,10,15-17,23,44H,4-7,9,11,14,38H2. The van der Waals surface area contributed by atoms with Crippen LogP contribution >= 0.6 is 22.9 Å². The zero-order chi connectivity index (χ0) is 33.9. The molecule has 0 bridgehead atoms. The molecular formula is C32H25ClFN9O4S. The van der Waals surface area contributed by atoms with Crippen molar-refractivity contribution in [3.63, 3.8) is 0 Å². The van der Waals surface area contributed by atoms with Crippen molar-refractivity contribution in [1.29, 1.82) is 15.8 Å². The van der Waals surface area contributed by atoms with Gasteiger partial charge in [0.15, 0.2) is 5.75 Å². The molecule has 0 radical (unpaired) electrons. The van der Waals surface area contributed by atoms with Gasteiger partial charge in [0, 0.05) is 40.7 Å². The summed E-state index contributed by atoms with van der Waals surface area (Å²) < 4.78 is 23.9. The summed E-state index contributed by atoms with van der Waals surface area (Å²) in [5.74, 6) is -1.67. The number of nitrogens with zero attached hydrogens (tertiary/aromatic N) is 8. The smallest absolute Gasteiger partial charge is 0.332 e. The molecule has 3 aliphatic rings. The van der Waals surface area contributed by atoms with Crippen LogP contribution in [0.3, 0.4) is 0 Å². The Morgan fingerprint density at radius 3 is 2.81 bits per heavy atom. The number of nitriles is 3. The van der Waals surface area contributed by atoms with E-state index in [1.807, 2.05) is 6.07 Å². The summed E-state index contributed by atoms with van der Waals surface area (Å²) in [6, 6.07) is 10.5. The third-order valence-corrected chi connectivity index (χ3v) is 11.0. The third-order valence-electron chi connectivity index (χ3n) is 9.65. The van der Waals surface area contributed by atoms with E-state index in [2.05, 4.69) is 22.3 Å². The highest BCUT2D eigenvalue weighted by molar-refractivity contribution is 7.23. The molecule has 242 valence electrons. The minimum atomic E-state index is -1.25. The number of thiophene rings is 1. The summed E-state index contributed by atoms with van der Waals surface area (Å²) in [7, 11) is 0. The number of hydrogen-bond donors (Lipinski definition) is 2. The molecule has 2 fully saturated rings. The molecule has 7 rings (SSSR count). The molecule has 48 heavy (non-hydrogen) atoms. The van der Waals surface area contributed by atoms with Crippen LogP contribution in [0.2, 0.25) is 5.02 Å². The zero-order valence-corrected chi connectivity index (χ0v) is 26.6. The highest BCUT2D eigenvalue weighted by Crippen LogP contribution is 2.49. The summed E-state index contributed by atoms with van der Waals surface area (Å²) in [5.41, 5.74) is 5.31. The molecule has 2 aromatic heterocycles. The second kappa shape index (κ2) is 11.8. The number of amides is 2. The Labute approximate surface area is 281 Å². The summed E-state index contributed by atoms with van der Waals surface area (Å²) in [4.78, 5) is 30.9. The van der Waals surface area contributed by atoms with Crippen molar-refractivity contribution in [2.75, 3.05) is 18.9 Å². The number of halogens is 2. The van der Waals surface area contributed by atoms with E-state index in [1.54, 1.807) is 18.2 Å². The molecule has 2 amide bonds. The van der Waals surface area contributed by atoms with Crippen LogP contribution in [0.5, 0.6) is 5.75 Å². The Hall–Kier alpha value is -5.27. The fraction of sp³-hybridized carbons (Fsp3) is 0.344. The first-order valence-corrected chi connectivity index (χ1v) is 16.2. The van der Waals surface area contributed by atoms with Gasteiger partial charge in [0.1, 0.15) is 29.3 Å². The predicted molar refractivity (Wildman–Crippen MR) is 170 cm³/mol. The second-order valence-corrected chi connectivity index (χ2v) is 13.4. The minimum Gasteiger partial charge on any atom is -0.491 e. The van der Waals surface area contributed by atoms with E-state index in [-0.39, 0.29) is 64.3 Å². The molecule has 4 atom stereocenters. The number of nitrogen functional groups attached to an aromatic ring is 1. The molecule has 16 heteroatoms. The lowest BCUT2D eigenvalue weighted by Crippen LogP contribution is -2.73. The van der Waals surface area contributed by atoms with Gasteiger partial charge in [0.05, 0.1) is 46.9 Å². The highest BCUT2D eigenvalue weighted by Gasteiger charge is 2.60. The fourth-order valence-electron chi connectivity index (χ4n) is 7.43. The van der Waals surface area contributed by atoms with Crippen molar-refractivity contribution in [1.82, 2.24) is 24.6 Å². The molecule has 0 saturated carbocycles. The van der Waals surface area contributed by atoms with Gasteiger partial charge in [-0.1, -0.05) is 23.7 Å². The van der Waals surface area contributed by atoms with Gasteiger partial charge < -0.3 is 25.4 Å². The minimum absolute atomic E-state index is 0.000819. The second-order valence-electron chi connectivity index (χ2n) is 12.0. The number of hydrogen-bond acceptors (Lipinski definition) is 11. The van der Waals surface area contributed by atoms with Crippen molar-refractivity contribution in [3.8, 4) is 35.1 Å². The number of nitrogens with two attached hydrogens (primary N) is 1. The first kappa shape index (κ1) is 31.3. The summed E-state index contributed by atoms with van der Waals surface area (Å²) in [5, 5.41) is 48.4. The van der Waals surface area contributed by atoms with Gasteiger partial charge in [0.2, 0.25) is 5.82 Å². The van der Waals surface area contributed by atoms with Crippen LogP contribution in [0.4, 0.5) is 14.2 Å². The molecular weight excluding hydrogens is 661 g/mol. The van der Waals surface area contributed by atoms with Gasteiger partial charge in [-0.05, 0) is 37.0 Å². The number of ether oxygens (including phenoxy) is 1. The van der Waals surface area contributed by atoms with E-state index >= 15 is 4.39 Å². The maximum atomic E-state index is 16.1. The number of carbonyl (C=O) groups is 2. The van der Waals surface area contributed by atoms with E-state index < -0.39 is 41.5 Å². The number of anilines is 1. The van der Waals surface area contributed by atoms with Gasteiger partial charge in [-0.25, -0.2) is 13.8 Å². The van der Waals surface area contributed by atoms with Crippen molar-refractivity contribution >= 4 is 50.0 Å². The van der Waals surface area contributed by atoms with Crippen LogP contribution in [-0.4, -0.2) is 78.5 Å². The number of aliphatic hydroxyl groups excluding tert-OH is 1. The lowest BCUT2D eigenvalue weighted by atomic mass is 9.70. The maximum absolute atomic E-state index is 16.1. The molecule has 3 aliphatic heterocycles. The molecule has 3 N–H and O–H groups in total. The molecule has 2 aromatic carbocycles. The Morgan fingerprint density at radius 2 is 2.06 bits per heavy atom. The van der Waals surface area contributed by atoms with E-state index in [1.165, 1.54) is 21.1 Å². The number of benzene rings is 2. The first-order chi connectivity index (χ1) is 23.1. The van der Waals surface area contributed by atoms with Crippen LogP contribution in [0, 0.1) is 39.8 Å². The molecule has 13 nitrogen and oxygen atoms in total. The number of likely N-dealkylation sites (tertiary alicyclic amines) is 1. The average Bonchev–Trinajstić information content (AvgIpc) is 3.63. The molecule has 1 spiro atoms. The number of rotatable bonds is 2. The summed E-state index contributed by atoms with van der Waals surface area (Å²) in [6.45, 7) is -0.0837. The van der Waals surface area contributed by atoms with Crippen molar-refractivity contribution in [3.05, 3.63) is 58.4 Å². The van der Waals surface area contributed by atoms with Crippen LogP contribution in [0.25, 0.3) is 21.2 Å². The molecule has 0 aliphatic carbocycles. The molecule has 2 saturated heterocycles. The van der Waals surface area contributed by atoms with E-state index in [4.69, 9.17) is 22.1 Å². The van der Waals surface area contributed by atoms with Crippen LogP contribution in [0.1, 0.15) is 53.8 Å². The Bertz CT molecular complexity index is 2150. The quantitative estimate of drug-likeness (QED) is 0.304. The number of fused-ring (bicyclic) bond motifs is 3. The predicted octanol–water partition coefficient (Wildman–Crippen LogP) is 4.42. The van der Waals surface area contributed by atoms with Gasteiger partial charge >= 0.3 is 6.03 Å². The van der Waals surface area contributed by atoms with Crippen molar-refractivity contribution < 1.29 is 23.8 Å². The van der Waals surface area contributed by atoms with E-state index in [0.717, 1.165) is 17.0 Å². The molecule has 4 aromatic rings. The van der Waals surface area contributed by atoms with Gasteiger partial charge in [-0.3, -0.25) is 4.79 Å². The molecule has 4 unspecified atom stereocenters. The summed E-state index contributed by atoms with van der Waals surface area (Å²) in [6.07, 6.45) is 1.16.